The lowest BCUT2D eigenvalue weighted by Crippen LogP contribution is -2.31. The molecule has 0 atom stereocenters. The lowest BCUT2D eigenvalue weighted by molar-refractivity contribution is 0.0952. The van der Waals surface area contributed by atoms with Gasteiger partial charge in [-0.3, -0.25) is 4.79 Å². The molecule has 0 saturated carbocycles. The number of aromatic nitrogens is 2. The molecule has 0 aliphatic carbocycles. The summed E-state index contributed by atoms with van der Waals surface area (Å²) in [6.45, 7) is 8.65. The molecule has 1 N–H and O–H groups in total. The standard InChI is InChI=1S/C25H32N4O3S/c1-5-28(6-2)33(31,32)23-15-14-19(3)24(17-23)25(30)26-16-10-11-21-18-29(27-20(21)4)22-12-8-7-9-13-22/h7-9,12-15,17-18H,5-6,10-11,16H2,1-4H3,(H,26,30). The number of amides is 1. The van der Waals surface area contributed by atoms with Crippen LogP contribution in [0.2, 0.25) is 0 Å². The number of rotatable bonds is 10. The number of nitrogens with one attached hydrogen (secondary N) is 1. The fourth-order valence-corrected chi connectivity index (χ4v) is 5.23. The molecule has 2 aromatic carbocycles. The van der Waals surface area contributed by atoms with Gasteiger partial charge in [0.15, 0.2) is 0 Å². The van der Waals surface area contributed by atoms with E-state index in [0.29, 0.717) is 25.2 Å². The predicted molar refractivity (Wildman–Crippen MR) is 130 cm³/mol. The number of carbonyl (C=O) groups excluding carboxylic acids is 1. The Hall–Kier alpha value is -2.97. The molecule has 176 valence electrons. The Balaban J connectivity index is 1.62. The van der Waals surface area contributed by atoms with E-state index in [-0.39, 0.29) is 10.8 Å². The topological polar surface area (TPSA) is 84.3 Å². The minimum Gasteiger partial charge on any atom is -0.352 e. The van der Waals surface area contributed by atoms with Crippen molar-refractivity contribution in [3.05, 3.63) is 77.1 Å². The summed E-state index contributed by atoms with van der Waals surface area (Å²) in [4.78, 5) is 12.9. The van der Waals surface area contributed by atoms with E-state index in [9.17, 15) is 13.2 Å². The van der Waals surface area contributed by atoms with Crippen LogP contribution < -0.4 is 5.32 Å². The van der Waals surface area contributed by atoms with Gasteiger partial charge in [0, 0.05) is 31.4 Å². The molecule has 0 saturated heterocycles. The van der Waals surface area contributed by atoms with Gasteiger partial charge in [0.05, 0.1) is 16.3 Å². The fraction of sp³-hybridized carbons (Fsp3) is 0.360. The summed E-state index contributed by atoms with van der Waals surface area (Å²) in [5.74, 6) is -0.263. The van der Waals surface area contributed by atoms with Gasteiger partial charge >= 0.3 is 0 Å². The van der Waals surface area contributed by atoms with Gasteiger partial charge in [0.1, 0.15) is 0 Å². The third kappa shape index (κ3) is 5.69. The highest BCUT2D eigenvalue weighted by molar-refractivity contribution is 7.89. The molecule has 8 heteroatoms. The van der Waals surface area contributed by atoms with Gasteiger partial charge in [-0.2, -0.15) is 9.40 Å². The van der Waals surface area contributed by atoms with Crippen LogP contribution in [-0.2, 0) is 16.4 Å². The van der Waals surface area contributed by atoms with E-state index < -0.39 is 10.0 Å². The highest BCUT2D eigenvalue weighted by atomic mass is 32.2. The Morgan fingerprint density at radius 2 is 1.76 bits per heavy atom. The summed E-state index contributed by atoms with van der Waals surface area (Å²) >= 11 is 0. The van der Waals surface area contributed by atoms with E-state index in [1.165, 1.54) is 10.4 Å². The second kappa shape index (κ2) is 10.8. The third-order valence-corrected chi connectivity index (χ3v) is 7.77. The Morgan fingerprint density at radius 3 is 2.42 bits per heavy atom. The summed E-state index contributed by atoms with van der Waals surface area (Å²) in [5, 5.41) is 7.51. The normalized spacial score (nSPS) is 11.7. The first kappa shape index (κ1) is 24.7. The highest BCUT2D eigenvalue weighted by Crippen LogP contribution is 2.20. The minimum atomic E-state index is -3.62. The van der Waals surface area contributed by atoms with Gasteiger partial charge in [0.25, 0.3) is 5.91 Å². The van der Waals surface area contributed by atoms with Crippen molar-refractivity contribution in [2.75, 3.05) is 19.6 Å². The lowest BCUT2D eigenvalue weighted by atomic mass is 10.1. The molecule has 0 aliphatic rings. The van der Waals surface area contributed by atoms with Crippen LogP contribution in [0.1, 0.15) is 47.4 Å². The zero-order valence-electron chi connectivity index (χ0n) is 19.7. The van der Waals surface area contributed by atoms with Gasteiger partial charge in [0.2, 0.25) is 10.0 Å². The number of para-hydroxylation sites is 1. The van der Waals surface area contributed by atoms with E-state index in [1.807, 2.05) is 55.1 Å². The van der Waals surface area contributed by atoms with Gasteiger partial charge in [-0.25, -0.2) is 13.1 Å². The van der Waals surface area contributed by atoms with Crippen molar-refractivity contribution in [3.63, 3.8) is 0 Å². The number of carbonyl (C=O) groups is 1. The van der Waals surface area contributed by atoms with E-state index in [4.69, 9.17) is 0 Å². The summed E-state index contributed by atoms with van der Waals surface area (Å²) in [6.07, 6.45) is 3.57. The van der Waals surface area contributed by atoms with Crippen LogP contribution in [0.25, 0.3) is 5.69 Å². The SMILES string of the molecule is CCN(CC)S(=O)(=O)c1ccc(C)c(C(=O)NCCCc2cn(-c3ccccc3)nc2C)c1. The zero-order chi connectivity index (χ0) is 24.0. The maximum Gasteiger partial charge on any atom is 0.251 e. The van der Waals surface area contributed by atoms with Gasteiger partial charge in [-0.15, -0.1) is 0 Å². The van der Waals surface area contributed by atoms with Gasteiger partial charge < -0.3 is 5.32 Å². The molecule has 0 radical (unpaired) electrons. The second-order valence-electron chi connectivity index (χ2n) is 7.95. The summed E-state index contributed by atoms with van der Waals surface area (Å²) < 4.78 is 28.9. The largest absolute Gasteiger partial charge is 0.352 e. The predicted octanol–water partition coefficient (Wildman–Crippen LogP) is 3.88. The number of aryl methyl sites for hydroxylation is 3. The van der Waals surface area contributed by atoms with E-state index in [2.05, 4.69) is 10.4 Å². The number of nitrogens with zero attached hydrogens (tertiary/aromatic N) is 3. The van der Waals surface area contributed by atoms with Crippen molar-refractivity contribution >= 4 is 15.9 Å². The first-order chi connectivity index (χ1) is 15.8. The van der Waals surface area contributed by atoms with Crippen LogP contribution in [0, 0.1) is 13.8 Å². The van der Waals surface area contributed by atoms with Gasteiger partial charge in [-0.1, -0.05) is 38.1 Å². The van der Waals surface area contributed by atoms with Crippen molar-refractivity contribution in [1.29, 1.82) is 0 Å². The van der Waals surface area contributed by atoms with Crippen LogP contribution in [0.3, 0.4) is 0 Å². The van der Waals surface area contributed by atoms with E-state index >= 15 is 0 Å². The molecule has 1 amide bonds. The molecule has 0 unspecified atom stereocenters. The van der Waals surface area contributed by atoms with E-state index in [0.717, 1.165) is 35.3 Å². The quantitative estimate of drug-likeness (QED) is 0.458. The maximum atomic E-state index is 12.8. The Morgan fingerprint density at radius 1 is 1.06 bits per heavy atom. The molecule has 0 spiro atoms. The molecule has 33 heavy (non-hydrogen) atoms. The van der Waals surface area contributed by atoms with Crippen LogP contribution in [0.4, 0.5) is 0 Å². The molecular formula is C25H32N4O3S. The van der Waals surface area contributed by atoms with Crippen molar-refractivity contribution in [1.82, 2.24) is 19.4 Å². The minimum absolute atomic E-state index is 0.144. The van der Waals surface area contributed by atoms with Crippen LogP contribution >= 0.6 is 0 Å². The van der Waals surface area contributed by atoms with Crippen LogP contribution in [0.15, 0.2) is 59.6 Å². The average Bonchev–Trinajstić information content (AvgIpc) is 3.18. The van der Waals surface area contributed by atoms with Crippen LogP contribution in [-0.4, -0.2) is 48.0 Å². The highest BCUT2D eigenvalue weighted by Gasteiger charge is 2.23. The van der Waals surface area contributed by atoms with E-state index in [1.54, 1.807) is 26.0 Å². The number of benzene rings is 2. The Kier molecular flexibility index (Phi) is 8.05. The molecule has 1 aromatic heterocycles. The van der Waals surface area contributed by atoms with Crippen molar-refractivity contribution < 1.29 is 13.2 Å². The Bertz CT molecular complexity index is 1200. The smallest absolute Gasteiger partial charge is 0.251 e. The molecule has 0 aliphatic heterocycles. The monoisotopic (exact) mass is 468 g/mol. The molecule has 0 bridgehead atoms. The number of sulfonamides is 1. The summed E-state index contributed by atoms with van der Waals surface area (Å²) in [5.41, 5.74) is 4.24. The van der Waals surface area contributed by atoms with Crippen molar-refractivity contribution in [2.24, 2.45) is 0 Å². The number of hydrogen-bond donors (Lipinski definition) is 1. The molecule has 1 heterocycles. The molecule has 3 aromatic rings. The third-order valence-electron chi connectivity index (χ3n) is 5.73. The molecular weight excluding hydrogens is 436 g/mol. The van der Waals surface area contributed by atoms with Crippen molar-refractivity contribution in [2.45, 2.75) is 45.4 Å². The summed E-state index contributed by atoms with van der Waals surface area (Å²) in [6, 6.07) is 14.7. The first-order valence-corrected chi connectivity index (χ1v) is 12.7. The molecule has 0 fully saturated rings. The maximum absolute atomic E-state index is 12.8. The molecule has 7 nitrogen and oxygen atoms in total. The summed E-state index contributed by atoms with van der Waals surface area (Å²) in [7, 11) is -3.62. The second-order valence-corrected chi connectivity index (χ2v) is 9.88. The fourth-order valence-electron chi connectivity index (χ4n) is 3.75. The lowest BCUT2D eigenvalue weighted by Gasteiger charge is -2.19. The van der Waals surface area contributed by atoms with Crippen molar-refractivity contribution in [3.8, 4) is 5.69 Å². The van der Waals surface area contributed by atoms with Crippen LogP contribution in [0.5, 0.6) is 0 Å². The molecule has 3 rings (SSSR count). The van der Waals surface area contributed by atoms with Gasteiger partial charge in [-0.05, 0) is 62.1 Å². The zero-order valence-corrected chi connectivity index (χ0v) is 20.5. The number of hydrogen-bond acceptors (Lipinski definition) is 4. The average molecular weight is 469 g/mol. The Labute approximate surface area is 196 Å². The first-order valence-electron chi connectivity index (χ1n) is 11.3.